The average Bonchev–Trinajstić information content (AvgIpc) is 3.40. The molecule has 0 radical (unpaired) electrons. The average molecular weight is 527 g/mol. The number of carbonyl (C=O) groups is 2. The van der Waals surface area contributed by atoms with Gasteiger partial charge in [0.1, 0.15) is 6.54 Å². The first-order valence-corrected chi connectivity index (χ1v) is 13.7. The molecule has 1 saturated heterocycles. The zero-order chi connectivity index (χ0) is 27.2. The molecule has 1 aliphatic carbocycles. The number of aryl methyl sites for hydroxylation is 1. The highest BCUT2D eigenvalue weighted by Gasteiger charge is 2.26. The second kappa shape index (κ2) is 12.1. The minimum atomic E-state index is -0.289. The summed E-state index contributed by atoms with van der Waals surface area (Å²) < 4.78 is 1.98. The maximum atomic E-state index is 12.6. The van der Waals surface area contributed by atoms with Gasteiger partial charge in [-0.15, -0.1) is 0 Å². The molecule has 1 saturated carbocycles. The molecule has 0 unspecified atom stereocenters. The second-order valence-electron chi connectivity index (χ2n) is 10.4. The molecular formula is C29H34N8O2. The normalized spacial score (nSPS) is 15.8. The molecule has 1 aliphatic heterocycles. The largest absolute Gasteiger partial charge is 0.343 e. The number of nitrogens with one attached hydrogen (secondary N) is 2. The number of hydrogen-bond acceptors (Lipinski definition) is 7. The number of benzene rings is 1. The number of anilines is 2. The first kappa shape index (κ1) is 26.4. The van der Waals surface area contributed by atoms with Gasteiger partial charge in [-0.05, 0) is 49.8 Å². The molecule has 10 heteroatoms. The first-order chi connectivity index (χ1) is 19.0. The molecule has 3 heterocycles. The second-order valence-corrected chi connectivity index (χ2v) is 10.4. The third-order valence-corrected chi connectivity index (χ3v) is 7.76. The van der Waals surface area contributed by atoms with Crippen LogP contribution in [0.5, 0.6) is 0 Å². The zero-order valence-electron chi connectivity index (χ0n) is 22.3. The number of nitrogens with zero attached hydrogens (tertiary/aromatic N) is 6. The van der Waals surface area contributed by atoms with Gasteiger partial charge in [0.2, 0.25) is 11.9 Å². The van der Waals surface area contributed by atoms with Gasteiger partial charge in [0.05, 0.1) is 29.7 Å². The summed E-state index contributed by atoms with van der Waals surface area (Å²) in [4.78, 5) is 35.8. The van der Waals surface area contributed by atoms with Crippen LogP contribution in [-0.4, -0.2) is 56.1 Å². The molecule has 2 N–H and O–H groups in total. The molecule has 39 heavy (non-hydrogen) atoms. The van der Waals surface area contributed by atoms with Gasteiger partial charge in [0.15, 0.2) is 0 Å². The summed E-state index contributed by atoms with van der Waals surface area (Å²) in [7, 11) is 0. The third kappa shape index (κ3) is 6.42. The maximum absolute atomic E-state index is 12.6. The van der Waals surface area contributed by atoms with Crippen LogP contribution in [0.15, 0.2) is 42.9 Å². The number of likely N-dealkylation sites (tertiary alicyclic amines) is 1. The number of nitriles is 1. The van der Waals surface area contributed by atoms with Crippen molar-refractivity contribution in [3.63, 3.8) is 0 Å². The van der Waals surface area contributed by atoms with E-state index in [-0.39, 0.29) is 18.5 Å². The van der Waals surface area contributed by atoms with Gasteiger partial charge in [-0.1, -0.05) is 31.4 Å². The van der Waals surface area contributed by atoms with E-state index in [1.807, 2.05) is 40.9 Å². The highest BCUT2D eigenvalue weighted by Crippen LogP contribution is 2.31. The smallest absolute Gasteiger partial charge is 0.252 e. The highest BCUT2D eigenvalue weighted by molar-refractivity contribution is 5.94. The Balaban J connectivity index is 1.17. The third-order valence-electron chi connectivity index (χ3n) is 7.76. The van der Waals surface area contributed by atoms with E-state index in [9.17, 15) is 9.59 Å². The summed E-state index contributed by atoms with van der Waals surface area (Å²) in [5.74, 6) is 1.23. The van der Waals surface area contributed by atoms with Crippen molar-refractivity contribution in [1.82, 2.24) is 30.0 Å². The lowest BCUT2D eigenvalue weighted by molar-refractivity contribution is -0.133. The highest BCUT2D eigenvalue weighted by atomic mass is 16.2. The van der Waals surface area contributed by atoms with Crippen LogP contribution in [0.2, 0.25) is 0 Å². The van der Waals surface area contributed by atoms with Crippen molar-refractivity contribution in [2.24, 2.45) is 5.92 Å². The Morgan fingerprint density at radius 2 is 1.87 bits per heavy atom. The number of aromatic nitrogens is 4. The lowest BCUT2D eigenvalue weighted by Gasteiger charge is -2.33. The van der Waals surface area contributed by atoms with Crippen LogP contribution >= 0.6 is 0 Å². The minimum Gasteiger partial charge on any atom is -0.343 e. The zero-order valence-corrected chi connectivity index (χ0v) is 22.3. The fourth-order valence-electron chi connectivity index (χ4n) is 5.17. The van der Waals surface area contributed by atoms with E-state index in [0.29, 0.717) is 23.8 Å². The van der Waals surface area contributed by atoms with Crippen molar-refractivity contribution >= 4 is 23.5 Å². The molecule has 0 atom stereocenters. The summed E-state index contributed by atoms with van der Waals surface area (Å²) >= 11 is 0. The number of hydrogen-bond donors (Lipinski definition) is 2. The Hall–Kier alpha value is -4.26. The first-order valence-electron chi connectivity index (χ1n) is 13.7. The molecule has 202 valence electrons. The Morgan fingerprint density at radius 1 is 1.10 bits per heavy atom. The van der Waals surface area contributed by atoms with Crippen LogP contribution in [0.1, 0.15) is 66.9 Å². The molecular weight excluding hydrogens is 492 g/mol. The lowest BCUT2D eigenvalue weighted by atomic mass is 9.82. The Bertz CT molecular complexity index is 1350. The van der Waals surface area contributed by atoms with Gasteiger partial charge >= 0.3 is 0 Å². The predicted octanol–water partition coefficient (Wildman–Crippen LogP) is 4.39. The number of piperidine rings is 1. The molecule has 5 rings (SSSR count). The van der Waals surface area contributed by atoms with Crippen LogP contribution in [0.3, 0.4) is 0 Å². The van der Waals surface area contributed by atoms with Crippen LogP contribution in [0.25, 0.3) is 11.3 Å². The van der Waals surface area contributed by atoms with Crippen molar-refractivity contribution in [3.05, 3.63) is 54.0 Å². The van der Waals surface area contributed by atoms with E-state index < -0.39 is 0 Å². The molecule has 2 aliphatic rings. The van der Waals surface area contributed by atoms with Gasteiger partial charge in [-0.3, -0.25) is 14.3 Å². The molecule has 0 spiro atoms. The van der Waals surface area contributed by atoms with Crippen LogP contribution in [0.4, 0.5) is 11.6 Å². The lowest BCUT2D eigenvalue weighted by Crippen LogP contribution is -2.39. The summed E-state index contributed by atoms with van der Waals surface area (Å²) in [6, 6.07) is 9.26. The van der Waals surface area contributed by atoms with E-state index in [0.717, 1.165) is 60.8 Å². The monoisotopic (exact) mass is 526 g/mol. The van der Waals surface area contributed by atoms with E-state index in [1.165, 1.54) is 19.3 Å². The fourth-order valence-corrected chi connectivity index (χ4v) is 5.17. The summed E-state index contributed by atoms with van der Waals surface area (Å²) in [6.45, 7) is 3.46. The molecule has 2 fully saturated rings. The molecule has 0 bridgehead atoms. The van der Waals surface area contributed by atoms with E-state index >= 15 is 0 Å². The van der Waals surface area contributed by atoms with Crippen molar-refractivity contribution < 1.29 is 9.59 Å². The van der Waals surface area contributed by atoms with E-state index in [2.05, 4.69) is 20.7 Å². The summed E-state index contributed by atoms with van der Waals surface area (Å²) in [5, 5.41) is 19.0. The number of rotatable bonds is 9. The summed E-state index contributed by atoms with van der Waals surface area (Å²) in [5.41, 5.74) is 3.81. The fraction of sp³-hybridized carbons (Fsp3) is 0.448. The predicted molar refractivity (Wildman–Crippen MR) is 147 cm³/mol. The quantitative estimate of drug-likeness (QED) is 0.396. The Morgan fingerprint density at radius 3 is 2.56 bits per heavy atom. The van der Waals surface area contributed by atoms with Gasteiger partial charge < -0.3 is 15.5 Å². The maximum Gasteiger partial charge on any atom is 0.252 e. The van der Waals surface area contributed by atoms with Gasteiger partial charge in [-0.2, -0.15) is 10.4 Å². The Labute approximate surface area is 228 Å². The number of amides is 2. The van der Waals surface area contributed by atoms with Crippen LogP contribution < -0.4 is 10.6 Å². The molecule has 10 nitrogen and oxygen atoms in total. The van der Waals surface area contributed by atoms with Crippen molar-refractivity contribution in [3.8, 4) is 17.3 Å². The van der Waals surface area contributed by atoms with Gasteiger partial charge in [-0.25, -0.2) is 9.97 Å². The SMILES string of the molecule is Cc1cnc(Nc2cnn(C3CCN(C(=O)CCC4CCC4)CC3)c2)nc1-c1ccc(C(=O)NCC#N)cc1. The Kier molecular flexibility index (Phi) is 8.16. The van der Waals surface area contributed by atoms with Crippen LogP contribution in [0, 0.1) is 24.2 Å². The van der Waals surface area contributed by atoms with Crippen molar-refractivity contribution in [2.45, 2.75) is 57.9 Å². The van der Waals surface area contributed by atoms with Gasteiger partial charge in [0.25, 0.3) is 5.91 Å². The summed E-state index contributed by atoms with van der Waals surface area (Å²) in [6.07, 6.45) is 12.9. The van der Waals surface area contributed by atoms with E-state index in [4.69, 9.17) is 10.2 Å². The van der Waals surface area contributed by atoms with Gasteiger partial charge in [0, 0.05) is 43.0 Å². The number of carbonyl (C=O) groups excluding carboxylic acids is 2. The standard InChI is InChI=1S/C29H34N8O2/c1-20-17-32-29(35-27(20)22-6-8-23(9-7-22)28(39)31-14-13-30)34-24-18-33-37(19-24)25-11-15-36(16-12-25)26(38)10-5-21-3-2-4-21/h6-9,17-19,21,25H,2-5,10-12,14-16H2,1H3,(H,31,39)(H,32,34,35). The molecule has 1 aromatic carbocycles. The topological polar surface area (TPSA) is 129 Å². The van der Waals surface area contributed by atoms with E-state index in [1.54, 1.807) is 24.5 Å². The minimum absolute atomic E-state index is 0.0313. The van der Waals surface area contributed by atoms with Crippen LogP contribution in [-0.2, 0) is 4.79 Å². The molecule has 2 amide bonds. The molecule has 3 aromatic rings. The van der Waals surface area contributed by atoms with Crippen molar-refractivity contribution in [2.75, 3.05) is 25.0 Å². The molecule has 2 aromatic heterocycles. The van der Waals surface area contributed by atoms with Crippen molar-refractivity contribution in [1.29, 1.82) is 5.26 Å².